The maximum atomic E-state index is 6.88. The summed E-state index contributed by atoms with van der Waals surface area (Å²) in [4.78, 5) is 7.57. The van der Waals surface area contributed by atoms with Crippen LogP contribution in [0, 0.1) is 6.57 Å². The van der Waals surface area contributed by atoms with Crippen molar-refractivity contribution in [2.24, 2.45) is 0 Å². The topological polar surface area (TPSA) is 17.2 Å². The van der Waals surface area contributed by atoms with Gasteiger partial charge < -0.3 is 4.85 Å². The predicted octanol–water partition coefficient (Wildman–Crippen LogP) is 2.45. The Bertz CT molecular complexity index is 248. The van der Waals surface area contributed by atoms with Gasteiger partial charge in [0.1, 0.15) is 5.69 Å². The number of hydrogen-bond acceptors (Lipinski definition) is 1. The van der Waals surface area contributed by atoms with Crippen LogP contribution >= 0.6 is 0 Å². The minimum Gasteiger partial charge on any atom is -0.307 e. The highest BCUT2D eigenvalue weighted by Gasteiger charge is 2.12. The van der Waals surface area contributed by atoms with Crippen molar-refractivity contribution >= 4 is 0 Å². The molecule has 0 bridgehead atoms. The summed E-state index contributed by atoms with van der Waals surface area (Å²) < 4.78 is 0. The quantitative estimate of drug-likeness (QED) is 0.586. The fourth-order valence-electron chi connectivity index (χ4n) is 0.940. The van der Waals surface area contributed by atoms with E-state index in [4.69, 9.17) is 6.57 Å². The van der Waals surface area contributed by atoms with Crippen LogP contribution in [-0.2, 0) is 0 Å². The molecule has 0 aliphatic carbocycles. The molecular weight excluding hydrogens is 136 g/mol. The van der Waals surface area contributed by atoms with Gasteiger partial charge in [-0.2, -0.15) is 0 Å². The third kappa shape index (κ3) is 1.78. The van der Waals surface area contributed by atoms with E-state index in [1.165, 1.54) is 0 Å². The minimum absolute atomic E-state index is 0.0591. The zero-order chi connectivity index (χ0) is 8.10. The van der Waals surface area contributed by atoms with Gasteiger partial charge in [0.2, 0.25) is 0 Å². The summed E-state index contributed by atoms with van der Waals surface area (Å²) in [7, 11) is 0. The molecule has 0 saturated heterocycles. The molecule has 1 rings (SSSR count). The first-order chi connectivity index (χ1) is 5.38. The molecule has 0 radical (unpaired) electrons. The Morgan fingerprint density at radius 3 is 2.91 bits per heavy atom. The highest BCUT2D eigenvalue weighted by molar-refractivity contribution is 5.11. The van der Waals surface area contributed by atoms with Gasteiger partial charge in [-0.3, -0.25) is 4.98 Å². The Morgan fingerprint density at radius 2 is 2.45 bits per heavy atom. The number of aromatic nitrogens is 1. The maximum Gasteiger partial charge on any atom is 0.264 e. The Hall–Kier alpha value is -1.36. The van der Waals surface area contributed by atoms with Crippen molar-refractivity contribution < 1.29 is 0 Å². The molecule has 1 aromatic rings. The van der Waals surface area contributed by atoms with Crippen LogP contribution in [0.2, 0.25) is 0 Å². The molecule has 11 heavy (non-hydrogen) atoms. The van der Waals surface area contributed by atoms with Gasteiger partial charge in [-0.1, -0.05) is 13.0 Å². The normalized spacial score (nSPS) is 12.0. The molecule has 1 heterocycles. The second kappa shape index (κ2) is 3.72. The fraction of sp³-hybridized carbons (Fsp3) is 0.333. The molecule has 0 aliphatic rings. The average Bonchev–Trinajstić information content (AvgIpc) is 2.09. The second-order valence-electron chi connectivity index (χ2n) is 2.31. The predicted molar refractivity (Wildman–Crippen MR) is 43.9 cm³/mol. The number of pyridine rings is 1. The van der Waals surface area contributed by atoms with Gasteiger partial charge in [-0.15, -0.1) is 0 Å². The summed E-state index contributed by atoms with van der Waals surface area (Å²) in [5, 5.41) is 0. The lowest BCUT2D eigenvalue weighted by Gasteiger charge is -1.99. The molecule has 2 heteroatoms. The Kier molecular flexibility index (Phi) is 2.62. The van der Waals surface area contributed by atoms with E-state index in [2.05, 4.69) is 9.83 Å². The van der Waals surface area contributed by atoms with Gasteiger partial charge in [-0.25, -0.2) is 6.57 Å². The SMILES string of the molecule is [C-]#[N+]C(CC)c1ccccn1. The standard InChI is InChI=1S/C9H10N2/c1-3-8(10-2)9-6-4-5-7-11-9/h4-8H,3H2,1H3. The molecule has 2 nitrogen and oxygen atoms in total. The van der Waals surface area contributed by atoms with Gasteiger partial charge in [0.25, 0.3) is 6.04 Å². The van der Waals surface area contributed by atoms with Crippen molar-refractivity contribution in [2.45, 2.75) is 19.4 Å². The van der Waals surface area contributed by atoms with E-state index in [0.717, 1.165) is 12.1 Å². The van der Waals surface area contributed by atoms with Gasteiger partial charge >= 0.3 is 0 Å². The third-order valence-corrected chi connectivity index (χ3v) is 1.57. The zero-order valence-electron chi connectivity index (χ0n) is 6.49. The Morgan fingerprint density at radius 1 is 1.64 bits per heavy atom. The first-order valence-electron chi connectivity index (χ1n) is 3.66. The summed E-state index contributed by atoms with van der Waals surface area (Å²) in [6, 6.07) is 5.61. The molecule has 0 saturated carbocycles. The molecular formula is C9H10N2. The molecule has 1 aromatic heterocycles. The first kappa shape index (κ1) is 7.74. The van der Waals surface area contributed by atoms with Crippen LogP contribution in [0.15, 0.2) is 24.4 Å². The van der Waals surface area contributed by atoms with E-state index >= 15 is 0 Å². The molecule has 0 fully saturated rings. The molecule has 0 spiro atoms. The van der Waals surface area contributed by atoms with Crippen molar-refractivity contribution in [1.82, 2.24) is 4.98 Å². The van der Waals surface area contributed by atoms with Crippen molar-refractivity contribution in [3.8, 4) is 0 Å². The van der Waals surface area contributed by atoms with Crippen LogP contribution in [0.3, 0.4) is 0 Å². The van der Waals surface area contributed by atoms with E-state index in [9.17, 15) is 0 Å². The number of rotatable bonds is 2. The summed E-state index contributed by atoms with van der Waals surface area (Å²) in [5.41, 5.74) is 0.880. The molecule has 1 unspecified atom stereocenters. The van der Waals surface area contributed by atoms with Crippen molar-refractivity contribution in [1.29, 1.82) is 0 Å². The van der Waals surface area contributed by atoms with Crippen molar-refractivity contribution in [3.63, 3.8) is 0 Å². The van der Waals surface area contributed by atoms with Crippen LogP contribution in [0.1, 0.15) is 25.1 Å². The van der Waals surface area contributed by atoms with Crippen LogP contribution in [0.25, 0.3) is 4.85 Å². The minimum atomic E-state index is -0.0591. The van der Waals surface area contributed by atoms with Gasteiger partial charge in [0.05, 0.1) is 0 Å². The summed E-state index contributed by atoms with van der Waals surface area (Å²) in [6.07, 6.45) is 2.56. The van der Waals surface area contributed by atoms with Gasteiger partial charge in [-0.05, 0) is 12.1 Å². The fourth-order valence-corrected chi connectivity index (χ4v) is 0.940. The summed E-state index contributed by atoms with van der Waals surface area (Å²) in [6.45, 7) is 8.88. The summed E-state index contributed by atoms with van der Waals surface area (Å²) >= 11 is 0. The lowest BCUT2D eigenvalue weighted by Crippen LogP contribution is -1.93. The highest BCUT2D eigenvalue weighted by Crippen LogP contribution is 2.17. The molecule has 0 aliphatic heterocycles. The lowest BCUT2D eigenvalue weighted by molar-refractivity contribution is 0.770. The van der Waals surface area contributed by atoms with E-state index in [1.54, 1.807) is 6.20 Å². The zero-order valence-corrected chi connectivity index (χ0v) is 6.49. The second-order valence-corrected chi connectivity index (χ2v) is 2.31. The van der Waals surface area contributed by atoms with Crippen LogP contribution in [-0.4, -0.2) is 4.98 Å². The van der Waals surface area contributed by atoms with E-state index in [1.807, 2.05) is 25.1 Å². The molecule has 1 atom stereocenters. The summed E-state index contributed by atoms with van der Waals surface area (Å²) in [5.74, 6) is 0. The van der Waals surface area contributed by atoms with Crippen LogP contribution in [0.4, 0.5) is 0 Å². The lowest BCUT2D eigenvalue weighted by atomic mass is 10.1. The first-order valence-corrected chi connectivity index (χ1v) is 3.66. The van der Waals surface area contributed by atoms with Crippen LogP contribution in [0.5, 0.6) is 0 Å². The monoisotopic (exact) mass is 146 g/mol. The Labute approximate surface area is 66.7 Å². The van der Waals surface area contributed by atoms with Gasteiger partial charge in [0, 0.05) is 12.6 Å². The van der Waals surface area contributed by atoms with E-state index in [0.29, 0.717) is 0 Å². The smallest absolute Gasteiger partial charge is 0.264 e. The van der Waals surface area contributed by atoms with Crippen molar-refractivity contribution in [3.05, 3.63) is 41.5 Å². The van der Waals surface area contributed by atoms with Gasteiger partial charge in [0.15, 0.2) is 0 Å². The average molecular weight is 146 g/mol. The maximum absolute atomic E-state index is 6.88. The number of hydrogen-bond donors (Lipinski definition) is 0. The molecule has 0 aromatic carbocycles. The van der Waals surface area contributed by atoms with E-state index < -0.39 is 0 Å². The highest BCUT2D eigenvalue weighted by atomic mass is 14.8. The van der Waals surface area contributed by atoms with E-state index in [-0.39, 0.29) is 6.04 Å². The Balaban J connectivity index is 2.85. The molecule has 0 amide bonds. The number of nitrogens with zero attached hydrogens (tertiary/aromatic N) is 2. The molecule has 56 valence electrons. The molecule has 0 N–H and O–H groups in total. The van der Waals surface area contributed by atoms with Crippen molar-refractivity contribution in [2.75, 3.05) is 0 Å². The third-order valence-electron chi connectivity index (χ3n) is 1.57. The van der Waals surface area contributed by atoms with Crippen LogP contribution < -0.4 is 0 Å². The largest absolute Gasteiger partial charge is 0.307 e.